The number of morpholine rings is 1. The minimum Gasteiger partial charge on any atom is -0.393 e. The van der Waals surface area contributed by atoms with Crippen LogP contribution in [0.2, 0.25) is 0 Å². The van der Waals surface area contributed by atoms with Gasteiger partial charge in [0.1, 0.15) is 0 Å². The smallest absolute Gasteiger partial charge is 0.270 e. The maximum atomic E-state index is 15.5. The van der Waals surface area contributed by atoms with E-state index in [1.54, 1.807) is 6.07 Å². The first-order valence-electron chi connectivity index (χ1n) is 12.1. The molecular formula is C28H28F3N3O3. The lowest BCUT2D eigenvalue weighted by atomic mass is 9.82. The van der Waals surface area contributed by atoms with E-state index in [4.69, 9.17) is 4.74 Å². The summed E-state index contributed by atoms with van der Waals surface area (Å²) in [5.74, 6) is -3.58. The lowest BCUT2D eigenvalue weighted by molar-refractivity contribution is -0.0173. The van der Waals surface area contributed by atoms with Gasteiger partial charge >= 0.3 is 0 Å². The van der Waals surface area contributed by atoms with Gasteiger partial charge in [-0.2, -0.15) is 0 Å². The third-order valence-corrected chi connectivity index (χ3v) is 7.16. The molecule has 194 valence electrons. The van der Waals surface area contributed by atoms with Gasteiger partial charge in [0.2, 0.25) is 0 Å². The van der Waals surface area contributed by atoms with Crippen LogP contribution < -0.4 is 10.2 Å². The van der Waals surface area contributed by atoms with Crippen molar-refractivity contribution in [3.63, 3.8) is 0 Å². The molecule has 0 aliphatic carbocycles. The van der Waals surface area contributed by atoms with Crippen molar-refractivity contribution in [3.05, 3.63) is 77.1 Å². The fourth-order valence-electron chi connectivity index (χ4n) is 5.10. The predicted molar refractivity (Wildman–Crippen MR) is 135 cm³/mol. The molecule has 1 fully saturated rings. The average Bonchev–Trinajstić information content (AvgIpc) is 2.89. The zero-order valence-electron chi connectivity index (χ0n) is 20.6. The van der Waals surface area contributed by atoms with Crippen molar-refractivity contribution in [3.8, 4) is 11.1 Å². The van der Waals surface area contributed by atoms with E-state index in [2.05, 4.69) is 10.3 Å². The number of anilines is 2. The Kier molecular flexibility index (Phi) is 6.45. The number of aliphatic hydroxyl groups excluding tert-OH is 1. The first kappa shape index (κ1) is 25.2. The largest absolute Gasteiger partial charge is 0.393 e. The summed E-state index contributed by atoms with van der Waals surface area (Å²) in [6.45, 7) is 3.24. The third-order valence-electron chi connectivity index (χ3n) is 7.16. The summed E-state index contributed by atoms with van der Waals surface area (Å²) in [5, 5.41) is 12.5. The number of aryl methyl sites for hydroxylation is 1. The van der Waals surface area contributed by atoms with Gasteiger partial charge in [-0.3, -0.25) is 9.78 Å². The summed E-state index contributed by atoms with van der Waals surface area (Å²) in [4.78, 5) is 19.2. The van der Waals surface area contributed by atoms with Crippen LogP contribution in [0.1, 0.15) is 34.1 Å². The number of aliphatic hydroxyl groups is 1. The minimum absolute atomic E-state index is 0.0901. The van der Waals surface area contributed by atoms with Gasteiger partial charge < -0.3 is 20.1 Å². The molecule has 2 atom stereocenters. The molecule has 0 bridgehead atoms. The molecule has 3 heterocycles. The zero-order chi connectivity index (χ0) is 26.4. The lowest BCUT2D eigenvalue weighted by Gasteiger charge is -2.48. The number of carbonyl (C=O) groups is 1. The molecule has 1 amide bonds. The summed E-state index contributed by atoms with van der Waals surface area (Å²) >= 11 is 0. The Labute approximate surface area is 213 Å². The van der Waals surface area contributed by atoms with E-state index in [-0.39, 0.29) is 24.2 Å². The first-order valence-corrected chi connectivity index (χ1v) is 12.1. The van der Waals surface area contributed by atoms with Crippen LogP contribution in [0.4, 0.5) is 24.5 Å². The van der Waals surface area contributed by atoms with Crippen LogP contribution in [-0.2, 0) is 17.1 Å². The fraction of sp³-hybridized carbons (Fsp3) is 0.357. The first-order chi connectivity index (χ1) is 17.6. The van der Waals surface area contributed by atoms with E-state index in [0.717, 1.165) is 35.0 Å². The summed E-state index contributed by atoms with van der Waals surface area (Å²) < 4.78 is 48.5. The van der Waals surface area contributed by atoms with Crippen LogP contribution in [0, 0.1) is 6.92 Å². The van der Waals surface area contributed by atoms with E-state index in [9.17, 15) is 18.7 Å². The second kappa shape index (κ2) is 9.46. The quantitative estimate of drug-likeness (QED) is 0.511. The van der Waals surface area contributed by atoms with Crippen LogP contribution >= 0.6 is 0 Å². The molecule has 2 aliphatic heterocycles. The van der Waals surface area contributed by atoms with E-state index < -0.39 is 30.1 Å². The molecule has 2 N–H and O–H groups in total. The van der Waals surface area contributed by atoms with Gasteiger partial charge in [0.15, 0.2) is 5.67 Å². The number of carbonyl (C=O) groups excluding carboxylic acids is 1. The third kappa shape index (κ3) is 4.81. The van der Waals surface area contributed by atoms with Crippen molar-refractivity contribution in [1.29, 1.82) is 0 Å². The average molecular weight is 512 g/mol. The topological polar surface area (TPSA) is 74.7 Å². The van der Waals surface area contributed by atoms with E-state index >= 15 is 4.39 Å². The maximum absolute atomic E-state index is 15.5. The minimum atomic E-state index is -3.06. The van der Waals surface area contributed by atoms with Gasteiger partial charge in [0.25, 0.3) is 11.8 Å². The van der Waals surface area contributed by atoms with Crippen molar-refractivity contribution in [2.24, 2.45) is 0 Å². The highest BCUT2D eigenvalue weighted by atomic mass is 19.3. The highest BCUT2D eigenvalue weighted by molar-refractivity contribution is 6.04. The Morgan fingerprint density at radius 2 is 2.08 bits per heavy atom. The standard InChI is InChI=1S/C28H28F3N3O3/c1-17-23(12-22(14-32-17)33-26(36)19-4-3-5-21(10-19)27(2,29)30)18-6-7-20-13-28(31,16-35)25-15-37-9-8-34(25)24(20)11-18/h3-7,10-12,14,25,35H,8-9,13,15-16H2,1-2H3,(H,33,36)/t25-,28+/m1/s1. The highest BCUT2D eigenvalue weighted by Crippen LogP contribution is 2.42. The number of fused-ring (bicyclic) bond motifs is 3. The number of hydrogen-bond acceptors (Lipinski definition) is 5. The Bertz CT molecular complexity index is 1340. The number of ether oxygens (including phenoxy) is 1. The molecule has 1 saturated heterocycles. The van der Waals surface area contributed by atoms with Gasteiger partial charge in [-0.1, -0.05) is 24.3 Å². The summed E-state index contributed by atoms with van der Waals surface area (Å²) in [6.07, 6.45) is 1.61. The Morgan fingerprint density at radius 3 is 2.84 bits per heavy atom. The molecule has 5 rings (SSSR count). The molecule has 1 aromatic heterocycles. The van der Waals surface area contributed by atoms with Crippen molar-refractivity contribution in [2.75, 3.05) is 36.6 Å². The number of nitrogens with one attached hydrogen (secondary N) is 1. The maximum Gasteiger partial charge on any atom is 0.270 e. The molecule has 6 nitrogen and oxygen atoms in total. The molecule has 0 radical (unpaired) electrons. The number of aromatic nitrogens is 1. The fourth-order valence-corrected chi connectivity index (χ4v) is 5.10. The van der Waals surface area contributed by atoms with Crippen LogP contribution in [-0.4, -0.2) is 54.1 Å². The number of pyridine rings is 1. The van der Waals surface area contributed by atoms with Crippen LogP contribution in [0.25, 0.3) is 11.1 Å². The van der Waals surface area contributed by atoms with Crippen molar-refractivity contribution < 1.29 is 27.8 Å². The second-order valence-corrected chi connectivity index (χ2v) is 9.78. The SMILES string of the molecule is Cc1ncc(NC(=O)c2cccc(C(C)(F)F)c2)cc1-c1ccc2c(c1)N1CCOC[C@@H]1[C@@](F)(CO)C2. The zero-order valence-corrected chi connectivity index (χ0v) is 20.6. The van der Waals surface area contributed by atoms with E-state index in [1.807, 2.05) is 30.0 Å². The predicted octanol–water partition coefficient (Wildman–Crippen LogP) is 4.88. The Hall–Kier alpha value is -3.43. The van der Waals surface area contributed by atoms with Gasteiger partial charge in [0.05, 0.1) is 37.7 Å². The molecular weight excluding hydrogens is 483 g/mol. The van der Waals surface area contributed by atoms with E-state index in [0.29, 0.717) is 18.8 Å². The normalized spacial score (nSPS) is 21.2. The molecule has 2 aromatic carbocycles. The Morgan fingerprint density at radius 1 is 1.27 bits per heavy atom. The number of hydrogen-bond donors (Lipinski definition) is 2. The number of benzene rings is 2. The summed E-state index contributed by atoms with van der Waals surface area (Å²) in [6, 6.07) is 12.3. The van der Waals surface area contributed by atoms with Crippen molar-refractivity contribution in [2.45, 2.75) is 37.9 Å². The number of rotatable bonds is 5. The van der Waals surface area contributed by atoms with Gasteiger partial charge in [0, 0.05) is 48.0 Å². The molecule has 9 heteroatoms. The molecule has 0 spiro atoms. The van der Waals surface area contributed by atoms with Crippen LogP contribution in [0.15, 0.2) is 54.7 Å². The molecule has 3 aromatic rings. The van der Waals surface area contributed by atoms with Gasteiger partial charge in [-0.05, 0) is 42.3 Å². The number of amides is 1. The summed E-state index contributed by atoms with van der Waals surface area (Å²) in [5.41, 5.74) is 2.56. The number of nitrogens with zero attached hydrogens (tertiary/aromatic N) is 2. The molecule has 0 saturated carbocycles. The molecule has 0 unspecified atom stereocenters. The Balaban J connectivity index is 1.45. The molecule has 37 heavy (non-hydrogen) atoms. The van der Waals surface area contributed by atoms with Crippen LogP contribution in [0.5, 0.6) is 0 Å². The second-order valence-electron chi connectivity index (χ2n) is 9.78. The van der Waals surface area contributed by atoms with Gasteiger partial charge in [-0.15, -0.1) is 0 Å². The number of halogens is 3. The monoisotopic (exact) mass is 511 g/mol. The summed E-state index contributed by atoms with van der Waals surface area (Å²) in [7, 11) is 0. The number of alkyl halides is 3. The van der Waals surface area contributed by atoms with Crippen LogP contribution in [0.3, 0.4) is 0 Å². The van der Waals surface area contributed by atoms with Crippen molar-refractivity contribution >= 4 is 17.3 Å². The highest BCUT2D eigenvalue weighted by Gasteiger charge is 2.48. The lowest BCUT2D eigenvalue weighted by Crippen LogP contribution is -2.62. The molecule has 2 aliphatic rings. The van der Waals surface area contributed by atoms with E-state index in [1.165, 1.54) is 30.5 Å². The van der Waals surface area contributed by atoms with Gasteiger partial charge in [-0.25, -0.2) is 13.2 Å². The van der Waals surface area contributed by atoms with Crippen molar-refractivity contribution in [1.82, 2.24) is 4.98 Å².